The van der Waals surface area contributed by atoms with Crippen LogP contribution in [0.15, 0.2) is 60.7 Å². The zero-order valence-electron chi connectivity index (χ0n) is 16.4. The van der Waals surface area contributed by atoms with E-state index in [1.165, 1.54) is 36.4 Å². The van der Waals surface area contributed by atoms with E-state index in [-0.39, 0.29) is 50.1 Å². The van der Waals surface area contributed by atoms with Crippen LogP contribution in [0.25, 0.3) is 0 Å². The lowest BCUT2D eigenvalue weighted by Crippen LogP contribution is -2.32. The van der Waals surface area contributed by atoms with Gasteiger partial charge in [0.2, 0.25) is 0 Å². The minimum atomic E-state index is -4.23. The summed E-state index contributed by atoms with van der Waals surface area (Å²) in [6.07, 6.45) is -4.23. The molecule has 0 aromatic heterocycles. The summed E-state index contributed by atoms with van der Waals surface area (Å²) in [7, 11) is 0. The van der Waals surface area contributed by atoms with Crippen molar-refractivity contribution in [1.82, 2.24) is 0 Å². The van der Waals surface area contributed by atoms with E-state index in [0.29, 0.717) is 0 Å². The Labute approximate surface area is 195 Å². The van der Waals surface area contributed by atoms with Crippen molar-refractivity contribution in [3.63, 3.8) is 0 Å². The molecule has 0 aliphatic heterocycles. The number of ether oxygens (including phenoxy) is 1. The van der Waals surface area contributed by atoms with Crippen molar-refractivity contribution < 1.29 is 32.3 Å². The maximum absolute atomic E-state index is 13.2. The first-order chi connectivity index (χ1) is 15.6. The minimum absolute atomic E-state index is 0.0646. The second-order valence-electron chi connectivity index (χ2n) is 7.00. The summed E-state index contributed by atoms with van der Waals surface area (Å²) >= 11 is 11.1. The van der Waals surface area contributed by atoms with Gasteiger partial charge in [0.1, 0.15) is 5.75 Å². The molecule has 1 N–H and O–H groups in total. The van der Waals surface area contributed by atoms with E-state index in [1.807, 2.05) is 0 Å². The fourth-order valence-electron chi connectivity index (χ4n) is 3.33. The molecular formula is C23H12Cl2F3NO4. The molecule has 0 saturated carbocycles. The number of alkyl halides is 4. The predicted molar refractivity (Wildman–Crippen MR) is 115 cm³/mol. The number of ketones is 2. The number of carbonyl (C=O) groups excluding carboxylic acids is 3. The Bertz CT molecular complexity index is 1290. The van der Waals surface area contributed by atoms with Gasteiger partial charge < -0.3 is 10.1 Å². The van der Waals surface area contributed by atoms with Crippen LogP contribution in [0.1, 0.15) is 42.2 Å². The molecule has 4 rings (SSSR count). The lowest BCUT2D eigenvalue weighted by molar-refractivity contribution is -0.199. The van der Waals surface area contributed by atoms with Gasteiger partial charge in [-0.25, -0.2) is 4.39 Å². The minimum Gasteiger partial charge on any atom is -0.429 e. The van der Waals surface area contributed by atoms with E-state index in [9.17, 15) is 27.6 Å². The summed E-state index contributed by atoms with van der Waals surface area (Å²) in [4.78, 5) is 38.4. The first kappa shape index (κ1) is 22.8. The number of hydrogen-bond donors (Lipinski definition) is 1. The van der Waals surface area contributed by atoms with Gasteiger partial charge in [-0.2, -0.15) is 8.78 Å². The number of benzene rings is 3. The molecule has 33 heavy (non-hydrogen) atoms. The van der Waals surface area contributed by atoms with Crippen molar-refractivity contribution in [1.29, 1.82) is 0 Å². The molecule has 0 saturated heterocycles. The maximum Gasteiger partial charge on any atom is 0.444 e. The van der Waals surface area contributed by atoms with Gasteiger partial charge in [0.05, 0.1) is 16.1 Å². The molecule has 1 aliphatic rings. The Kier molecular flexibility index (Phi) is 5.90. The molecule has 0 bridgehead atoms. The van der Waals surface area contributed by atoms with Crippen LogP contribution < -0.4 is 10.1 Å². The Morgan fingerprint density at radius 2 is 1.52 bits per heavy atom. The third-order valence-electron chi connectivity index (χ3n) is 4.89. The highest BCUT2D eigenvalue weighted by Crippen LogP contribution is 2.34. The monoisotopic (exact) mass is 493 g/mol. The largest absolute Gasteiger partial charge is 0.444 e. The number of amides is 1. The topological polar surface area (TPSA) is 72.5 Å². The molecule has 0 fully saturated rings. The molecule has 0 spiro atoms. The standard InChI is InChI=1S/C23H12Cl2F3NO4/c24-18-16(10-9-15-17(18)20(31)14-4-2-1-3-13(14)19(15)30)21(32)29-11-5-7-12(8-6-11)33-23(27,28)22(25)26/h1-10,22H,(H,29,32). The van der Waals surface area contributed by atoms with Gasteiger partial charge in [0.15, 0.2) is 11.6 Å². The van der Waals surface area contributed by atoms with Gasteiger partial charge in [-0.15, -0.1) is 0 Å². The van der Waals surface area contributed by atoms with Crippen molar-refractivity contribution in [3.8, 4) is 5.75 Å². The highest BCUT2D eigenvalue weighted by molar-refractivity contribution is 6.41. The van der Waals surface area contributed by atoms with E-state index in [4.69, 9.17) is 23.2 Å². The van der Waals surface area contributed by atoms with Crippen LogP contribution in [-0.2, 0) is 0 Å². The summed E-state index contributed by atoms with van der Waals surface area (Å²) < 4.78 is 43.3. The summed E-state index contributed by atoms with van der Waals surface area (Å²) in [6, 6.07) is 13.6. The van der Waals surface area contributed by atoms with E-state index in [1.54, 1.807) is 12.1 Å². The fraction of sp³-hybridized carbons (Fsp3) is 0.0870. The summed E-state index contributed by atoms with van der Waals surface area (Å²) in [6.45, 7) is 0. The average molecular weight is 494 g/mol. The molecule has 3 aromatic carbocycles. The maximum atomic E-state index is 13.2. The van der Waals surface area contributed by atoms with Crippen molar-refractivity contribution in [2.45, 2.75) is 11.7 Å². The van der Waals surface area contributed by atoms with Crippen molar-refractivity contribution in [2.24, 2.45) is 0 Å². The molecule has 1 atom stereocenters. The second-order valence-corrected chi connectivity index (χ2v) is 7.76. The van der Waals surface area contributed by atoms with Crippen LogP contribution in [0, 0.1) is 0 Å². The Morgan fingerprint density at radius 3 is 2.12 bits per heavy atom. The van der Waals surface area contributed by atoms with Crippen LogP contribution in [0.2, 0.25) is 5.02 Å². The van der Waals surface area contributed by atoms with Gasteiger partial charge >= 0.3 is 6.11 Å². The molecule has 1 amide bonds. The summed E-state index contributed by atoms with van der Waals surface area (Å²) in [5, 5.41) is 2.31. The number of carbonyl (C=O) groups is 3. The first-order valence-corrected chi connectivity index (χ1v) is 10.2. The van der Waals surface area contributed by atoms with Gasteiger partial charge in [-0.05, 0) is 36.4 Å². The first-order valence-electron chi connectivity index (χ1n) is 9.37. The second kappa shape index (κ2) is 8.53. The van der Waals surface area contributed by atoms with E-state index >= 15 is 0 Å². The highest BCUT2D eigenvalue weighted by Gasteiger charge is 2.42. The number of anilines is 1. The summed E-state index contributed by atoms with van der Waals surface area (Å²) in [5.74, 6) is -1.94. The van der Waals surface area contributed by atoms with Gasteiger partial charge in [-0.3, -0.25) is 14.4 Å². The van der Waals surface area contributed by atoms with Crippen LogP contribution in [0.3, 0.4) is 0 Å². The molecule has 168 valence electrons. The van der Waals surface area contributed by atoms with Crippen LogP contribution in [-0.4, -0.2) is 29.2 Å². The SMILES string of the molecule is O=C(Nc1ccc(OC(F)(F)C(F)Cl)cc1)c1ccc2c(c1Cl)C(=O)c1ccccc1C2=O. The fourth-order valence-corrected chi connectivity index (χ4v) is 3.71. The molecular weight excluding hydrogens is 482 g/mol. The van der Waals surface area contributed by atoms with Crippen LogP contribution in [0.5, 0.6) is 5.75 Å². The molecule has 3 aromatic rings. The van der Waals surface area contributed by atoms with E-state index in [0.717, 1.165) is 12.1 Å². The van der Waals surface area contributed by atoms with Gasteiger partial charge in [0.25, 0.3) is 11.5 Å². The lowest BCUT2D eigenvalue weighted by Gasteiger charge is -2.20. The Balaban J connectivity index is 1.58. The Hall–Kier alpha value is -3.36. The smallest absolute Gasteiger partial charge is 0.429 e. The number of hydrogen-bond acceptors (Lipinski definition) is 4. The van der Waals surface area contributed by atoms with Crippen molar-refractivity contribution >= 4 is 46.4 Å². The van der Waals surface area contributed by atoms with E-state index in [2.05, 4.69) is 10.1 Å². The number of nitrogens with one attached hydrogen (secondary N) is 1. The molecule has 0 radical (unpaired) electrons. The van der Waals surface area contributed by atoms with Crippen LogP contribution in [0.4, 0.5) is 18.9 Å². The highest BCUT2D eigenvalue weighted by atomic mass is 35.5. The van der Waals surface area contributed by atoms with Gasteiger partial charge in [-0.1, -0.05) is 47.5 Å². The molecule has 1 aliphatic carbocycles. The zero-order valence-corrected chi connectivity index (χ0v) is 17.9. The predicted octanol–water partition coefficient (Wildman–Crippen LogP) is 5.87. The van der Waals surface area contributed by atoms with Crippen molar-refractivity contribution in [3.05, 3.63) is 93.5 Å². The van der Waals surface area contributed by atoms with Gasteiger partial charge in [0, 0.05) is 22.4 Å². The zero-order chi connectivity index (χ0) is 23.9. The third kappa shape index (κ3) is 4.19. The molecule has 0 heterocycles. The Morgan fingerprint density at radius 1 is 0.909 bits per heavy atom. The third-order valence-corrected chi connectivity index (χ3v) is 5.54. The molecule has 1 unspecified atom stereocenters. The normalized spacial score (nSPS) is 13.7. The van der Waals surface area contributed by atoms with Crippen molar-refractivity contribution in [2.75, 3.05) is 5.32 Å². The van der Waals surface area contributed by atoms with Crippen LogP contribution >= 0.6 is 23.2 Å². The number of rotatable bonds is 5. The molecule has 10 heteroatoms. The summed E-state index contributed by atoms with van der Waals surface area (Å²) in [5.41, 5.74) is -2.46. The number of fused-ring (bicyclic) bond motifs is 2. The lowest BCUT2D eigenvalue weighted by atomic mass is 9.83. The van der Waals surface area contributed by atoms with E-state index < -0.39 is 23.4 Å². The number of halogens is 5. The quantitative estimate of drug-likeness (QED) is 0.352. The molecule has 5 nitrogen and oxygen atoms in total. The average Bonchev–Trinajstić information content (AvgIpc) is 2.78.